The van der Waals surface area contributed by atoms with Crippen LogP contribution in [-0.2, 0) is 6.54 Å². The van der Waals surface area contributed by atoms with Crippen LogP contribution >= 0.6 is 0 Å². The number of imidazole rings is 1. The molecule has 2 heterocycles. The van der Waals surface area contributed by atoms with E-state index in [0.717, 1.165) is 11.4 Å². The van der Waals surface area contributed by atoms with Gasteiger partial charge in [0.15, 0.2) is 5.66 Å². The average molecular weight is 298 g/mol. The monoisotopic (exact) mass is 298 g/mol. The molecule has 2 aromatic rings. The predicted molar refractivity (Wildman–Crippen MR) is 81.0 cm³/mol. The van der Waals surface area contributed by atoms with Gasteiger partial charge in [-0.15, -0.1) is 0 Å². The number of nitrogens with zero attached hydrogens (tertiary/aromatic N) is 4. The van der Waals surface area contributed by atoms with Crippen LogP contribution in [-0.4, -0.2) is 26.3 Å². The van der Waals surface area contributed by atoms with Gasteiger partial charge in [0, 0.05) is 18.9 Å². The van der Waals surface area contributed by atoms with E-state index < -0.39 is 5.97 Å². The molecule has 1 atom stereocenters. The number of benzene rings is 1. The Kier molecular flexibility index (Phi) is 3.52. The van der Waals surface area contributed by atoms with Gasteiger partial charge in [-0.3, -0.25) is 0 Å². The van der Waals surface area contributed by atoms with Crippen molar-refractivity contribution in [3.63, 3.8) is 0 Å². The predicted octanol–water partition coefficient (Wildman–Crippen LogP) is 3.31. The minimum absolute atomic E-state index is 0.0233. The van der Waals surface area contributed by atoms with Crippen molar-refractivity contribution >= 4 is 5.97 Å². The van der Waals surface area contributed by atoms with Gasteiger partial charge in [0.2, 0.25) is 0 Å². The van der Waals surface area contributed by atoms with Gasteiger partial charge >= 0.3 is 5.97 Å². The molecule has 3 rings (SSSR count). The van der Waals surface area contributed by atoms with E-state index >= 15 is 0 Å². The molecule has 1 unspecified atom stereocenters. The van der Waals surface area contributed by atoms with Crippen LogP contribution in [0.3, 0.4) is 0 Å². The SMILES string of the molecule is CC(c1ccccc1)c1ncc(C(=O)O)n1CCC1(C)N=N1. The second-order valence-electron chi connectivity index (χ2n) is 5.76. The maximum atomic E-state index is 11.4. The average Bonchev–Trinajstić information content (AvgIpc) is 3.10. The molecule has 0 aliphatic carbocycles. The lowest BCUT2D eigenvalue weighted by atomic mass is 10.0. The summed E-state index contributed by atoms with van der Waals surface area (Å²) in [6, 6.07) is 9.96. The minimum atomic E-state index is -0.964. The fourth-order valence-corrected chi connectivity index (χ4v) is 2.54. The summed E-state index contributed by atoms with van der Waals surface area (Å²) in [5, 5.41) is 17.3. The van der Waals surface area contributed by atoms with Crippen molar-refractivity contribution in [2.75, 3.05) is 0 Å². The maximum absolute atomic E-state index is 11.4. The summed E-state index contributed by atoms with van der Waals surface area (Å²) in [5.74, 6) is -0.183. The second-order valence-corrected chi connectivity index (χ2v) is 5.76. The zero-order valence-electron chi connectivity index (χ0n) is 12.6. The lowest BCUT2D eigenvalue weighted by molar-refractivity contribution is 0.0684. The van der Waals surface area contributed by atoms with Gasteiger partial charge in [0.1, 0.15) is 11.5 Å². The van der Waals surface area contributed by atoms with Gasteiger partial charge < -0.3 is 9.67 Å². The van der Waals surface area contributed by atoms with E-state index in [0.29, 0.717) is 13.0 Å². The largest absolute Gasteiger partial charge is 0.477 e. The molecule has 0 spiro atoms. The molecule has 1 N–H and O–H groups in total. The van der Waals surface area contributed by atoms with E-state index in [1.807, 2.05) is 44.2 Å². The fourth-order valence-electron chi connectivity index (χ4n) is 2.54. The molecular formula is C16H18N4O2. The van der Waals surface area contributed by atoms with E-state index in [1.54, 1.807) is 4.57 Å². The van der Waals surface area contributed by atoms with E-state index in [2.05, 4.69) is 15.2 Å². The van der Waals surface area contributed by atoms with Crippen molar-refractivity contribution in [3.05, 3.63) is 53.6 Å². The number of carbonyl (C=O) groups is 1. The van der Waals surface area contributed by atoms with Gasteiger partial charge in [0.25, 0.3) is 0 Å². The third kappa shape index (κ3) is 2.77. The molecule has 22 heavy (non-hydrogen) atoms. The van der Waals surface area contributed by atoms with Gasteiger partial charge in [0.05, 0.1) is 6.20 Å². The number of hydrogen-bond acceptors (Lipinski definition) is 4. The first-order valence-corrected chi connectivity index (χ1v) is 7.28. The normalized spacial score (nSPS) is 16.5. The van der Waals surface area contributed by atoms with Gasteiger partial charge in [-0.05, 0) is 12.5 Å². The number of aromatic carboxylic acids is 1. The summed E-state index contributed by atoms with van der Waals surface area (Å²) in [4.78, 5) is 15.8. The van der Waals surface area contributed by atoms with Crippen LogP contribution in [0.2, 0.25) is 0 Å². The summed E-state index contributed by atoms with van der Waals surface area (Å²) >= 11 is 0. The maximum Gasteiger partial charge on any atom is 0.354 e. The fraction of sp³-hybridized carbons (Fsp3) is 0.375. The highest BCUT2D eigenvalue weighted by atomic mass is 16.4. The number of aromatic nitrogens is 2. The van der Waals surface area contributed by atoms with Gasteiger partial charge in [-0.25, -0.2) is 9.78 Å². The third-order valence-electron chi connectivity index (χ3n) is 4.04. The second kappa shape index (κ2) is 5.36. The lowest BCUT2D eigenvalue weighted by Gasteiger charge is -2.16. The number of carboxylic acids is 1. The molecule has 6 heteroatoms. The molecule has 1 aromatic carbocycles. The Balaban J connectivity index is 1.91. The molecule has 0 radical (unpaired) electrons. The van der Waals surface area contributed by atoms with Crippen LogP contribution in [0.15, 0.2) is 46.8 Å². The quantitative estimate of drug-likeness (QED) is 0.888. The molecule has 0 saturated carbocycles. The Morgan fingerprint density at radius 3 is 2.59 bits per heavy atom. The smallest absolute Gasteiger partial charge is 0.354 e. The molecule has 114 valence electrons. The summed E-state index contributed by atoms with van der Waals surface area (Å²) in [6.45, 7) is 4.51. The standard InChI is InChI=1S/C16H18N4O2/c1-11(12-6-4-3-5-7-12)14-17-10-13(15(21)22)20(14)9-8-16(2)18-19-16/h3-7,10-11H,8-9H2,1-2H3,(H,21,22). The number of hydrogen-bond donors (Lipinski definition) is 1. The van der Waals surface area contributed by atoms with E-state index in [9.17, 15) is 9.90 Å². The molecular weight excluding hydrogens is 280 g/mol. The van der Waals surface area contributed by atoms with Crippen molar-refractivity contribution in [2.24, 2.45) is 10.2 Å². The molecule has 1 aliphatic rings. The molecule has 0 saturated heterocycles. The van der Waals surface area contributed by atoms with Crippen molar-refractivity contribution in [2.45, 2.75) is 38.4 Å². The van der Waals surface area contributed by atoms with Crippen molar-refractivity contribution in [3.8, 4) is 0 Å². The Morgan fingerprint density at radius 2 is 2.00 bits per heavy atom. The molecule has 0 bridgehead atoms. The van der Waals surface area contributed by atoms with Crippen LogP contribution in [0.5, 0.6) is 0 Å². The highest BCUT2D eigenvalue weighted by Crippen LogP contribution is 2.32. The Morgan fingerprint density at radius 1 is 1.32 bits per heavy atom. The van der Waals surface area contributed by atoms with E-state index in [1.165, 1.54) is 6.20 Å². The van der Waals surface area contributed by atoms with Crippen molar-refractivity contribution in [1.82, 2.24) is 9.55 Å². The Hall–Kier alpha value is -2.50. The van der Waals surface area contributed by atoms with Crippen LogP contribution in [0.4, 0.5) is 0 Å². The third-order valence-corrected chi connectivity index (χ3v) is 4.04. The molecule has 0 fully saturated rings. The summed E-state index contributed by atoms with van der Waals surface area (Å²) in [6.07, 6.45) is 2.11. The first-order chi connectivity index (χ1) is 10.5. The van der Waals surface area contributed by atoms with E-state index in [-0.39, 0.29) is 17.3 Å². The molecule has 1 aromatic heterocycles. The Labute approximate surface area is 128 Å². The zero-order valence-corrected chi connectivity index (χ0v) is 12.6. The van der Waals surface area contributed by atoms with Crippen LogP contribution < -0.4 is 0 Å². The van der Waals surface area contributed by atoms with E-state index in [4.69, 9.17) is 0 Å². The Bertz CT molecular complexity index is 715. The van der Waals surface area contributed by atoms with Gasteiger partial charge in [-0.2, -0.15) is 10.2 Å². The summed E-state index contributed by atoms with van der Waals surface area (Å²) < 4.78 is 1.77. The molecule has 0 amide bonds. The van der Waals surface area contributed by atoms with Crippen LogP contribution in [0.25, 0.3) is 0 Å². The highest BCUT2D eigenvalue weighted by molar-refractivity contribution is 5.85. The number of carboxylic acid groups (broad SMARTS) is 1. The molecule has 1 aliphatic heterocycles. The highest BCUT2D eigenvalue weighted by Gasteiger charge is 2.34. The minimum Gasteiger partial charge on any atom is -0.477 e. The first-order valence-electron chi connectivity index (χ1n) is 7.28. The lowest BCUT2D eigenvalue weighted by Crippen LogP contribution is -2.17. The zero-order chi connectivity index (χ0) is 15.7. The first kappa shape index (κ1) is 14.4. The van der Waals surface area contributed by atoms with Crippen LogP contribution in [0, 0.1) is 0 Å². The van der Waals surface area contributed by atoms with Gasteiger partial charge in [-0.1, -0.05) is 37.3 Å². The summed E-state index contributed by atoms with van der Waals surface area (Å²) in [5.41, 5.74) is 0.966. The van der Waals surface area contributed by atoms with Crippen molar-refractivity contribution < 1.29 is 9.90 Å². The van der Waals surface area contributed by atoms with Crippen molar-refractivity contribution in [1.29, 1.82) is 0 Å². The topological polar surface area (TPSA) is 79.8 Å². The number of rotatable bonds is 6. The summed E-state index contributed by atoms with van der Waals surface area (Å²) in [7, 11) is 0. The molecule has 6 nitrogen and oxygen atoms in total. The van der Waals surface area contributed by atoms with Crippen LogP contribution in [0.1, 0.15) is 48.1 Å².